The van der Waals surface area contributed by atoms with E-state index in [-0.39, 0.29) is 0 Å². The number of imidazole rings is 1. The highest BCUT2D eigenvalue weighted by atomic mass is 32.1. The fourth-order valence-corrected chi connectivity index (χ4v) is 4.30. The molecule has 1 aliphatic heterocycles. The van der Waals surface area contributed by atoms with Gasteiger partial charge in [0.2, 0.25) is 5.95 Å². The van der Waals surface area contributed by atoms with E-state index in [4.69, 9.17) is 0 Å². The topological polar surface area (TPSA) is 72.6 Å². The second kappa shape index (κ2) is 7.47. The Morgan fingerprint density at radius 1 is 0.964 bits per heavy atom. The van der Waals surface area contributed by atoms with E-state index in [9.17, 15) is 0 Å². The number of rotatable bonds is 4. The Bertz CT molecular complexity index is 1030. The smallest absolute Gasteiger partial charge is 0.225 e. The molecule has 7 nitrogen and oxygen atoms in total. The maximum absolute atomic E-state index is 4.59. The SMILES string of the molecule is c1cnc(N2CCCC(n3ccnc3-c3cnc(-c4cccs4)nc3)C2)nc1. The van der Waals surface area contributed by atoms with Crippen LogP contribution in [0.4, 0.5) is 5.95 Å². The largest absolute Gasteiger partial charge is 0.339 e. The Hall–Kier alpha value is -3.13. The molecule has 0 spiro atoms. The summed E-state index contributed by atoms with van der Waals surface area (Å²) in [5.41, 5.74) is 0.929. The molecule has 4 aromatic heterocycles. The molecule has 4 aromatic rings. The zero-order chi connectivity index (χ0) is 18.8. The van der Waals surface area contributed by atoms with Gasteiger partial charge in [0.15, 0.2) is 5.82 Å². The van der Waals surface area contributed by atoms with Crippen LogP contribution in [0.15, 0.2) is 60.8 Å². The molecule has 0 bridgehead atoms. The molecule has 1 unspecified atom stereocenters. The van der Waals surface area contributed by atoms with E-state index >= 15 is 0 Å². The number of hydrogen-bond donors (Lipinski definition) is 0. The van der Waals surface area contributed by atoms with Crippen LogP contribution in [-0.4, -0.2) is 42.6 Å². The fraction of sp³-hybridized carbons (Fsp3) is 0.250. The van der Waals surface area contributed by atoms with Crippen molar-refractivity contribution in [1.82, 2.24) is 29.5 Å². The van der Waals surface area contributed by atoms with E-state index < -0.39 is 0 Å². The summed E-state index contributed by atoms with van der Waals surface area (Å²) in [5.74, 6) is 2.44. The molecule has 0 radical (unpaired) electrons. The van der Waals surface area contributed by atoms with E-state index in [1.165, 1.54) is 0 Å². The Labute approximate surface area is 166 Å². The molecule has 1 saturated heterocycles. The van der Waals surface area contributed by atoms with Gasteiger partial charge in [0.05, 0.1) is 16.5 Å². The lowest BCUT2D eigenvalue weighted by molar-refractivity contribution is 0.404. The standard InChI is InChI=1S/C20H19N7S/c1-4-16(14-26(9-1)20-22-6-3-7-23-20)27-10-8-21-19(27)15-12-24-18(25-13-15)17-5-2-11-28-17/h2-3,5-8,10-13,16H,1,4,9,14H2. The summed E-state index contributed by atoms with van der Waals surface area (Å²) in [6, 6.07) is 6.20. The highest BCUT2D eigenvalue weighted by molar-refractivity contribution is 7.13. The molecular formula is C20H19N7S. The van der Waals surface area contributed by atoms with E-state index in [0.29, 0.717) is 6.04 Å². The molecule has 5 heterocycles. The third-order valence-corrected chi connectivity index (χ3v) is 5.81. The second-order valence-corrected chi connectivity index (χ2v) is 7.67. The first-order valence-electron chi connectivity index (χ1n) is 9.29. The lowest BCUT2D eigenvalue weighted by Gasteiger charge is -2.34. The third-order valence-electron chi connectivity index (χ3n) is 4.95. The number of thiophene rings is 1. The first-order valence-corrected chi connectivity index (χ1v) is 10.2. The second-order valence-electron chi connectivity index (χ2n) is 6.72. The molecule has 0 amide bonds. The van der Waals surface area contributed by atoms with Gasteiger partial charge in [0, 0.05) is 50.3 Å². The van der Waals surface area contributed by atoms with Crippen molar-refractivity contribution in [3.05, 3.63) is 60.8 Å². The molecule has 8 heteroatoms. The minimum absolute atomic E-state index is 0.312. The summed E-state index contributed by atoms with van der Waals surface area (Å²) in [6.45, 7) is 1.84. The number of piperidine rings is 1. The average Bonchev–Trinajstić information content (AvgIpc) is 3.47. The zero-order valence-electron chi connectivity index (χ0n) is 15.2. The molecule has 0 aliphatic carbocycles. The van der Waals surface area contributed by atoms with E-state index in [0.717, 1.165) is 54.0 Å². The predicted molar refractivity (Wildman–Crippen MR) is 109 cm³/mol. The van der Waals surface area contributed by atoms with Gasteiger partial charge in [-0.05, 0) is 30.4 Å². The van der Waals surface area contributed by atoms with Crippen LogP contribution in [0.3, 0.4) is 0 Å². The normalized spacial score (nSPS) is 17.0. The van der Waals surface area contributed by atoms with E-state index in [1.54, 1.807) is 23.7 Å². The molecule has 140 valence electrons. The van der Waals surface area contributed by atoms with Crippen molar-refractivity contribution in [2.45, 2.75) is 18.9 Å². The molecule has 28 heavy (non-hydrogen) atoms. The highest BCUT2D eigenvalue weighted by Crippen LogP contribution is 2.29. The number of hydrogen-bond acceptors (Lipinski definition) is 7. The molecule has 0 N–H and O–H groups in total. The summed E-state index contributed by atoms with van der Waals surface area (Å²) in [7, 11) is 0. The zero-order valence-corrected chi connectivity index (χ0v) is 16.0. The first-order chi connectivity index (χ1) is 13.9. The molecule has 1 fully saturated rings. The predicted octanol–water partition coefficient (Wildman–Crippen LogP) is 3.70. The lowest BCUT2D eigenvalue weighted by Crippen LogP contribution is -2.37. The van der Waals surface area contributed by atoms with Crippen LogP contribution < -0.4 is 4.90 Å². The van der Waals surface area contributed by atoms with Crippen LogP contribution in [0.5, 0.6) is 0 Å². The van der Waals surface area contributed by atoms with Crippen molar-refractivity contribution in [1.29, 1.82) is 0 Å². The minimum atomic E-state index is 0.312. The fourth-order valence-electron chi connectivity index (χ4n) is 3.63. The lowest BCUT2D eigenvalue weighted by atomic mass is 10.1. The van der Waals surface area contributed by atoms with E-state index in [1.807, 2.05) is 48.4 Å². The van der Waals surface area contributed by atoms with Gasteiger partial charge in [-0.1, -0.05) is 6.07 Å². The maximum atomic E-state index is 4.59. The molecule has 0 aromatic carbocycles. The van der Waals surface area contributed by atoms with Crippen molar-refractivity contribution in [3.8, 4) is 22.1 Å². The Morgan fingerprint density at radius 2 is 1.82 bits per heavy atom. The van der Waals surface area contributed by atoms with Gasteiger partial charge in [-0.3, -0.25) is 0 Å². The van der Waals surface area contributed by atoms with Gasteiger partial charge in [0.1, 0.15) is 5.82 Å². The van der Waals surface area contributed by atoms with Gasteiger partial charge in [0.25, 0.3) is 0 Å². The van der Waals surface area contributed by atoms with Gasteiger partial charge in [-0.2, -0.15) is 0 Å². The molecule has 5 rings (SSSR count). The summed E-state index contributed by atoms with van der Waals surface area (Å²) in [6.07, 6.45) is 13.4. The number of nitrogens with zero attached hydrogens (tertiary/aromatic N) is 7. The van der Waals surface area contributed by atoms with Crippen molar-refractivity contribution in [2.24, 2.45) is 0 Å². The number of aromatic nitrogens is 6. The minimum Gasteiger partial charge on any atom is -0.339 e. The first kappa shape index (κ1) is 17.0. The maximum Gasteiger partial charge on any atom is 0.225 e. The molecular weight excluding hydrogens is 370 g/mol. The summed E-state index contributed by atoms with van der Waals surface area (Å²) < 4.78 is 2.23. The Balaban J connectivity index is 1.40. The van der Waals surface area contributed by atoms with Gasteiger partial charge < -0.3 is 9.47 Å². The van der Waals surface area contributed by atoms with Crippen molar-refractivity contribution >= 4 is 17.3 Å². The van der Waals surface area contributed by atoms with E-state index in [2.05, 4.69) is 34.4 Å². The molecule has 1 aliphatic rings. The van der Waals surface area contributed by atoms with Gasteiger partial charge >= 0.3 is 0 Å². The highest BCUT2D eigenvalue weighted by Gasteiger charge is 2.25. The Morgan fingerprint density at radius 3 is 2.61 bits per heavy atom. The van der Waals surface area contributed by atoms with Crippen LogP contribution in [0, 0.1) is 0 Å². The average molecular weight is 389 g/mol. The quantitative estimate of drug-likeness (QED) is 0.530. The Kier molecular flexibility index (Phi) is 4.54. The molecule has 1 atom stereocenters. The van der Waals surface area contributed by atoms with Crippen LogP contribution in [0.2, 0.25) is 0 Å². The monoisotopic (exact) mass is 389 g/mol. The summed E-state index contributed by atoms with van der Waals surface area (Å²) in [5, 5.41) is 2.03. The van der Waals surface area contributed by atoms with Crippen LogP contribution in [0.1, 0.15) is 18.9 Å². The van der Waals surface area contributed by atoms with Crippen molar-refractivity contribution < 1.29 is 0 Å². The van der Waals surface area contributed by atoms with Gasteiger partial charge in [-0.15, -0.1) is 11.3 Å². The number of anilines is 1. The van der Waals surface area contributed by atoms with Crippen molar-refractivity contribution in [3.63, 3.8) is 0 Å². The van der Waals surface area contributed by atoms with Crippen molar-refractivity contribution in [2.75, 3.05) is 18.0 Å². The van der Waals surface area contributed by atoms with Gasteiger partial charge in [-0.25, -0.2) is 24.9 Å². The molecule has 0 saturated carbocycles. The third kappa shape index (κ3) is 3.27. The van der Waals surface area contributed by atoms with Crippen LogP contribution in [0.25, 0.3) is 22.1 Å². The van der Waals surface area contributed by atoms with Crippen LogP contribution >= 0.6 is 11.3 Å². The van der Waals surface area contributed by atoms with Crippen LogP contribution in [-0.2, 0) is 0 Å². The summed E-state index contributed by atoms with van der Waals surface area (Å²) >= 11 is 1.64. The summed E-state index contributed by atoms with van der Waals surface area (Å²) in [4.78, 5) is 25.8.